The van der Waals surface area contributed by atoms with Crippen molar-refractivity contribution in [2.24, 2.45) is 11.8 Å². The lowest BCUT2D eigenvalue weighted by Gasteiger charge is -2.24. The molecule has 0 amide bonds. The lowest BCUT2D eigenvalue weighted by Crippen LogP contribution is -2.27. The fourth-order valence-corrected chi connectivity index (χ4v) is 1.83. The molecule has 0 aliphatic heterocycles. The highest BCUT2D eigenvalue weighted by molar-refractivity contribution is 5.22. The maximum Gasteiger partial charge on any atom is 0.123 e. The van der Waals surface area contributed by atoms with Crippen molar-refractivity contribution in [1.82, 2.24) is 5.32 Å². The van der Waals surface area contributed by atoms with Crippen LogP contribution < -0.4 is 5.32 Å². The summed E-state index contributed by atoms with van der Waals surface area (Å²) in [7, 11) is 1.82. The highest BCUT2D eigenvalue weighted by Crippen LogP contribution is 2.27. The first-order valence-electron chi connectivity index (χ1n) is 5.42. The lowest BCUT2D eigenvalue weighted by atomic mass is 9.86. The Bertz CT molecular complexity index is 365. The van der Waals surface area contributed by atoms with Gasteiger partial charge in [-0.25, -0.2) is 4.39 Å². The van der Waals surface area contributed by atoms with Crippen molar-refractivity contribution in [2.45, 2.75) is 19.9 Å². The molecule has 0 heterocycles. The smallest absolute Gasteiger partial charge is 0.123 e. The summed E-state index contributed by atoms with van der Waals surface area (Å²) < 4.78 is 12.8. The van der Waals surface area contributed by atoms with Gasteiger partial charge in [0.1, 0.15) is 5.82 Å². The maximum atomic E-state index is 12.8. The van der Waals surface area contributed by atoms with Crippen LogP contribution in [0.3, 0.4) is 0 Å². The van der Waals surface area contributed by atoms with E-state index in [-0.39, 0.29) is 23.7 Å². The Morgan fingerprint density at radius 2 is 1.81 bits per heavy atom. The quantitative estimate of drug-likeness (QED) is 0.846. The van der Waals surface area contributed by atoms with Crippen molar-refractivity contribution in [1.29, 1.82) is 5.26 Å². The van der Waals surface area contributed by atoms with Gasteiger partial charge in [-0.05, 0) is 30.7 Å². The SMILES string of the molecule is CNC(c1ccc(F)cc1)C(C#N)C(C)C. The predicted molar refractivity (Wildman–Crippen MR) is 62.1 cm³/mol. The highest BCUT2D eigenvalue weighted by atomic mass is 19.1. The Hall–Kier alpha value is -1.40. The zero-order valence-electron chi connectivity index (χ0n) is 9.87. The second-order valence-corrected chi connectivity index (χ2v) is 4.22. The maximum absolute atomic E-state index is 12.8. The van der Waals surface area contributed by atoms with Gasteiger partial charge in [0.15, 0.2) is 0 Å². The van der Waals surface area contributed by atoms with Gasteiger partial charge in [0.2, 0.25) is 0 Å². The standard InChI is InChI=1S/C13H17FN2/c1-9(2)12(8-15)13(16-3)10-4-6-11(14)7-5-10/h4-7,9,12-13,16H,1-3H3. The molecule has 1 rings (SSSR count). The summed E-state index contributed by atoms with van der Waals surface area (Å²) in [4.78, 5) is 0. The van der Waals surface area contributed by atoms with Crippen LogP contribution in [0.25, 0.3) is 0 Å². The van der Waals surface area contributed by atoms with Crippen molar-refractivity contribution < 1.29 is 4.39 Å². The van der Waals surface area contributed by atoms with Crippen molar-refractivity contribution in [3.8, 4) is 6.07 Å². The van der Waals surface area contributed by atoms with Crippen molar-refractivity contribution >= 4 is 0 Å². The second kappa shape index (κ2) is 5.62. The summed E-state index contributed by atoms with van der Waals surface area (Å²) in [5.41, 5.74) is 0.948. The number of nitrogens with one attached hydrogen (secondary N) is 1. The molecule has 2 nitrogen and oxygen atoms in total. The van der Waals surface area contributed by atoms with Gasteiger partial charge in [-0.15, -0.1) is 0 Å². The minimum absolute atomic E-state index is 0.0504. The van der Waals surface area contributed by atoms with Crippen LogP contribution in [0.5, 0.6) is 0 Å². The van der Waals surface area contributed by atoms with Gasteiger partial charge < -0.3 is 5.32 Å². The molecular weight excluding hydrogens is 203 g/mol. The van der Waals surface area contributed by atoms with E-state index >= 15 is 0 Å². The zero-order chi connectivity index (χ0) is 12.1. The molecule has 1 aromatic rings. The molecule has 0 saturated carbocycles. The molecule has 86 valence electrons. The minimum Gasteiger partial charge on any atom is -0.312 e. The van der Waals surface area contributed by atoms with E-state index in [1.54, 1.807) is 12.1 Å². The molecule has 0 aliphatic rings. The van der Waals surface area contributed by atoms with E-state index in [9.17, 15) is 4.39 Å². The Morgan fingerprint density at radius 3 is 2.19 bits per heavy atom. The van der Waals surface area contributed by atoms with E-state index in [1.807, 2.05) is 20.9 Å². The van der Waals surface area contributed by atoms with Crippen LogP contribution in [0.15, 0.2) is 24.3 Å². The Kier molecular flexibility index (Phi) is 4.45. The predicted octanol–water partition coefficient (Wildman–Crippen LogP) is 2.88. The first-order chi connectivity index (χ1) is 7.60. The number of nitriles is 1. The minimum atomic E-state index is -0.253. The summed E-state index contributed by atoms with van der Waals surface area (Å²) in [5.74, 6) is -0.111. The molecule has 2 unspecified atom stereocenters. The third-order valence-corrected chi connectivity index (χ3v) is 2.77. The average molecular weight is 220 g/mol. The first kappa shape index (κ1) is 12.7. The molecule has 16 heavy (non-hydrogen) atoms. The van der Waals surface area contributed by atoms with Crippen LogP contribution in [0.1, 0.15) is 25.5 Å². The first-order valence-corrected chi connectivity index (χ1v) is 5.42. The summed E-state index contributed by atoms with van der Waals surface area (Å²) in [5, 5.41) is 12.3. The summed E-state index contributed by atoms with van der Waals surface area (Å²) >= 11 is 0. The van der Waals surface area contributed by atoms with Crippen molar-refractivity contribution in [2.75, 3.05) is 7.05 Å². The van der Waals surface area contributed by atoms with E-state index in [4.69, 9.17) is 5.26 Å². The molecule has 0 aliphatic carbocycles. The Labute approximate surface area is 96.1 Å². The van der Waals surface area contributed by atoms with Gasteiger partial charge in [0, 0.05) is 6.04 Å². The van der Waals surface area contributed by atoms with Gasteiger partial charge in [-0.3, -0.25) is 0 Å². The molecule has 0 saturated heterocycles. The molecule has 1 aromatic carbocycles. The number of halogens is 1. The number of hydrogen-bond donors (Lipinski definition) is 1. The van der Waals surface area contributed by atoms with Crippen LogP contribution in [0.4, 0.5) is 4.39 Å². The highest BCUT2D eigenvalue weighted by Gasteiger charge is 2.24. The number of benzene rings is 1. The molecule has 2 atom stereocenters. The van der Waals surface area contributed by atoms with E-state index in [2.05, 4.69) is 11.4 Å². The van der Waals surface area contributed by atoms with Gasteiger partial charge >= 0.3 is 0 Å². The van der Waals surface area contributed by atoms with Gasteiger partial charge in [-0.1, -0.05) is 26.0 Å². The van der Waals surface area contributed by atoms with Gasteiger partial charge in [0.25, 0.3) is 0 Å². The third kappa shape index (κ3) is 2.80. The van der Waals surface area contributed by atoms with Crippen LogP contribution in [-0.2, 0) is 0 Å². The largest absolute Gasteiger partial charge is 0.312 e. The average Bonchev–Trinajstić information content (AvgIpc) is 2.26. The van der Waals surface area contributed by atoms with Crippen LogP contribution in [0, 0.1) is 29.0 Å². The van der Waals surface area contributed by atoms with Crippen molar-refractivity contribution in [3.05, 3.63) is 35.6 Å². The molecule has 0 aromatic heterocycles. The van der Waals surface area contributed by atoms with E-state index in [1.165, 1.54) is 12.1 Å². The van der Waals surface area contributed by atoms with Crippen molar-refractivity contribution in [3.63, 3.8) is 0 Å². The Morgan fingerprint density at radius 1 is 1.25 bits per heavy atom. The molecule has 1 N–H and O–H groups in total. The van der Waals surface area contributed by atoms with Crippen LogP contribution in [-0.4, -0.2) is 7.05 Å². The summed E-state index contributed by atoms with van der Waals surface area (Å²) in [6.07, 6.45) is 0. The van der Waals surface area contributed by atoms with Gasteiger partial charge in [-0.2, -0.15) is 5.26 Å². The molecule has 0 fully saturated rings. The summed E-state index contributed by atoms with van der Waals surface area (Å²) in [6.45, 7) is 4.03. The monoisotopic (exact) mass is 220 g/mol. The number of nitrogens with zero attached hydrogens (tertiary/aromatic N) is 1. The van der Waals surface area contributed by atoms with E-state index < -0.39 is 0 Å². The lowest BCUT2D eigenvalue weighted by molar-refractivity contribution is 0.362. The molecule has 0 radical (unpaired) electrons. The van der Waals surface area contributed by atoms with E-state index in [0.717, 1.165) is 5.56 Å². The Balaban J connectivity index is 2.98. The fourth-order valence-electron chi connectivity index (χ4n) is 1.83. The normalized spacial score (nSPS) is 14.5. The number of hydrogen-bond acceptors (Lipinski definition) is 2. The van der Waals surface area contributed by atoms with Crippen LogP contribution >= 0.6 is 0 Å². The van der Waals surface area contributed by atoms with Crippen LogP contribution in [0.2, 0.25) is 0 Å². The second-order valence-electron chi connectivity index (χ2n) is 4.22. The summed E-state index contributed by atoms with van der Waals surface area (Å²) in [6, 6.07) is 8.56. The van der Waals surface area contributed by atoms with E-state index in [0.29, 0.717) is 0 Å². The molecule has 0 spiro atoms. The van der Waals surface area contributed by atoms with Gasteiger partial charge in [0.05, 0.1) is 12.0 Å². The third-order valence-electron chi connectivity index (χ3n) is 2.77. The zero-order valence-corrected chi connectivity index (χ0v) is 9.87. The molecule has 0 bridgehead atoms. The molecule has 3 heteroatoms. The number of rotatable bonds is 4. The topological polar surface area (TPSA) is 35.8 Å². The molecular formula is C13H17FN2. The fraction of sp³-hybridized carbons (Fsp3) is 0.462.